The van der Waals surface area contributed by atoms with E-state index in [0.717, 1.165) is 15.5 Å². The number of hydrogen-bond donors (Lipinski definition) is 1. The topological polar surface area (TPSA) is 58.2 Å². The van der Waals surface area contributed by atoms with Gasteiger partial charge in [-0.05, 0) is 39.0 Å². The zero-order valence-electron chi connectivity index (χ0n) is 11.3. The van der Waals surface area contributed by atoms with Crippen LogP contribution >= 0.6 is 15.9 Å². The number of ether oxygens (including phenoxy) is 1. The Kier molecular flexibility index (Phi) is 3.54. The van der Waals surface area contributed by atoms with Gasteiger partial charge in [0, 0.05) is 11.5 Å². The molecule has 2 aromatic rings. The minimum absolute atomic E-state index is 0.439. The van der Waals surface area contributed by atoms with Gasteiger partial charge in [0.25, 0.3) is 0 Å². The second-order valence-electron chi connectivity index (χ2n) is 5.26. The number of anilines is 1. The first-order valence-corrected chi connectivity index (χ1v) is 6.67. The van der Waals surface area contributed by atoms with Gasteiger partial charge in [0.05, 0.1) is 11.0 Å². The molecule has 0 fully saturated rings. The van der Waals surface area contributed by atoms with E-state index in [2.05, 4.69) is 25.9 Å². The SMILES string of the molecule is CN(C(=O)OC(C)(C)C)c1nc2ccc(Br)cc2[nH]1. The maximum Gasteiger partial charge on any atom is 0.416 e. The van der Waals surface area contributed by atoms with E-state index in [9.17, 15) is 4.79 Å². The highest BCUT2D eigenvalue weighted by Gasteiger charge is 2.22. The number of benzene rings is 1. The Morgan fingerprint density at radius 1 is 1.42 bits per heavy atom. The van der Waals surface area contributed by atoms with E-state index in [0.29, 0.717) is 5.95 Å². The van der Waals surface area contributed by atoms with Crippen molar-refractivity contribution in [2.45, 2.75) is 26.4 Å². The monoisotopic (exact) mass is 325 g/mol. The van der Waals surface area contributed by atoms with Crippen molar-refractivity contribution < 1.29 is 9.53 Å². The number of carbonyl (C=O) groups excluding carboxylic acids is 1. The lowest BCUT2D eigenvalue weighted by Crippen LogP contribution is -2.34. The molecule has 1 aromatic carbocycles. The predicted molar refractivity (Wildman–Crippen MR) is 78.4 cm³/mol. The fourth-order valence-corrected chi connectivity index (χ4v) is 1.91. The molecule has 5 nitrogen and oxygen atoms in total. The highest BCUT2D eigenvalue weighted by atomic mass is 79.9. The molecule has 6 heteroatoms. The first-order valence-electron chi connectivity index (χ1n) is 5.88. The van der Waals surface area contributed by atoms with Crippen LogP contribution in [-0.4, -0.2) is 28.7 Å². The van der Waals surface area contributed by atoms with E-state index in [-0.39, 0.29) is 0 Å². The molecule has 0 saturated carbocycles. The molecule has 0 atom stereocenters. The summed E-state index contributed by atoms with van der Waals surface area (Å²) in [4.78, 5) is 20.7. The van der Waals surface area contributed by atoms with Crippen LogP contribution in [0.2, 0.25) is 0 Å². The van der Waals surface area contributed by atoms with Gasteiger partial charge in [0.15, 0.2) is 0 Å². The Hall–Kier alpha value is -1.56. The first-order chi connectivity index (χ1) is 8.76. The van der Waals surface area contributed by atoms with Gasteiger partial charge in [-0.15, -0.1) is 0 Å². The first kappa shape index (κ1) is 13.9. The van der Waals surface area contributed by atoms with Crippen molar-refractivity contribution in [1.82, 2.24) is 9.97 Å². The molecule has 0 radical (unpaired) electrons. The standard InChI is InChI=1S/C13H16BrN3O2/c1-13(2,3)19-12(18)17(4)11-15-9-6-5-8(14)7-10(9)16-11/h5-7H,1-4H3,(H,15,16). The summed E-state index contributed by atoms with van der Waals surface area (Å²) in [7, 11) is 1.63. The Morgan fingerprint density at radius 3 is 2.74 bits per heavy atom. The summed E-state index contributed by atoms with van der Waals surface area (Å²) in [5, 5.41) is 0. The molecule has 0 aliphatic carbocycles. The Bertz CT molecular complexity index is 616. The predicted octanol–water partition coefficient (Wildman–Crippen LogP) is 3.70. The molecule has 1 N–H and O–H groups in total. The van der Waals surface area contributed by atoms with Gasteiger partial charge >= 0.3 is 6.09 Å². The van der Waals surface area contributed by atoms with Crippen molar-refractivity contribution in [3.63, 3.8) is 0 Å². The third-order valence-corrected chi connectivity index (χ3v) is 2.91. The normalized spacial score (nSPS) is 11.6. The van der Waals surface area contributed by atoms with E-state index in [4.69, 9.17) is 4.74 Å². The lowest BCUT2D eigenvalue weighted by molar-refractivity contribution is 0.0587. The number of halogens is 1. The highest BCUT2D eigenvalue weighted by Crippen LogP contribution is 2.21. The summed E-state index contributed by atoms with van der Waals surface area (Å²) in [6.07, 6.45) is -0.439. The molecule has 0 aliphatic heterocycles. The molecule has 1 aromatic heterocycles. The van der Waals surface area contributed by atoms with Gasteiger partial charge in [-0.3, -0.25) is 4.90 Å². The van der Waals surface area contributed by atoms with Crippen molar-refractivity contribution in [2.75, 3.05) is 11.9 Å². The number of rotatable bonds is 1. The second-order valence-corrected chi connectivity index (χ2v) is 6.18. The fraction of sp³-hybridized carbons (Fsp3) is 0.385. The van der Waals surface area contributed by atoms with Crippen LogP contribution in [0.25, 0.3) is 11.0 Å². The molecular weight excluding hydrogens is 310 g/mol. The third-order valence-electron chi connectivity index (χ3n) is 2.42. The average Bonchev–Trinajstić information content (AvgIpc) is 2.68. The molecule has 19 heavy (non-hydrogen) atoms. The molecule has 1 amide bonds. The van der Waals surface area contributed by atoms with Gasteiger partial charge in [0.1, 0.15) is 5.60 Å². The van der Waals surface area contributed by atoms with E-state index in [1.807, 2.05) is 39.0 Å². The smallest absolute Gasteiger partial charge is 0.416 e. The number of imidazole rings is 1. The summed E-state index contributed by atoms with van der Waals surface area (Å²) in [5.74, 6) is 0.461. The molecule has 1 heterocycles. The summed E-state index contributed by atoms with van der Waals surface area (Å²) in [5.41, 5.74) is 1.13. The summed E-state index contributed by atoms with van der Waals surface area (Å²) in [6.45, 7) is 5.48. The zero-order chi connectivity index (χ0) is 14.2. The van der Waals surface area contributed by atoms with Crippen molar-refractivity contribution >= 4 is 39.0 Å². The number of carbonyl (C=O) groups is 1. The molecular formula is C13H16BrN3O2. The maximum atomic E-state index is 11.9. The Morgan fingerprint density at radius 2 is 2.11 bits per heavy atom. The third kappa shape index (κ3) is 3.26. The number of amides is 1. The van der Waals surface area contributed by atoms with E-state index < -0.39 is 11.7 Å². The number of hydrogen-bond acceptors (Lipinski definition) is 3. The molecule has 0 aliphatic rings. The lowest BCUT2D eigenvalue weighted by Gasteiger charge is -2.23. The minimum atomic E-state index is -0.527. The number of aromatic nitrogens is 2. The van der Waals surface area contributed by atoms with Gasteiger partial charge in [0.2, 0.25) is 5.95 Å². The molecule has 0 bridgehead atoms. The van der Waals surface area contributed by atoms with Crippen molar-refractivity contribution in [3.8, 4) is 0 Å². The summed E-state index contributed by atoms with van der Waals surface area (Å²) < 4.78 is 6.25. The second kappa shape index (κ2) is 4.85. The van der Waals surface area contributed by atoms with E-state index in [1.165, 1.54) is 4.90 Å². The van der Waals surface area contributed by atoms with Crippen LogP contribution in [0.3, 0.4) is 0 Å². The molecule has 102 valence electrons. The van der Waals surface area contributed by atoms with Crippen LogP contribution in [0.1, 0.15) is 20.8 Å². The number of fused-ring (bicyclic) bond motifs is 1. The quantitative estimate of drug-likeness (QED) is 0.869. The Labute approximate surface area is 120 Å². The number of H-pyrrole nitrogens is 1. The van der Waals surface area contributed by atoms with Gasteiger partial charge in [-0.25, -0.2) is 9.78 Å². The van der Waals surface area contributed by atoms with Gasteiger partial charge in [-0.1, -0.05) is 15.9 Å². The van der Waals surface area contributed by atoms with Crippen LogP contribution < -0.4 is 4.90 Å². The van der Waals surface area contributed by atoms with Crippen molar-refractivity contribution in [3.05, 3.63) is 22.7 Å². The van der Waals surface area contributed by atoms with Gasteiger partial charge in [-0.2, -0.15) is 0 Å². The molecule has 2 rings (SSSR count). The van der Waals surface area contributed by atoms with Gasteiger partial charge < -0.3 is 9.72 Å². The van der Waals surface area contributed by atoms with Crippen LogP contribution in [0.4, 0.5) is 10.7 Å². The summed E-state index contributed by atoms with van der Waals surface area (Å²) in [6, 6.07) is 5.69. The molecule has 0 unspecified atom stereocenters. The largest absolute Gasteiger partial charge is 0.443 e. The lowest BCUT2D eigenvalue weighted by atomic mass is 10.2. The zero-order valence-corrected chi connectivity index (χ0v) is 12.9. The van der Waals surface area contributed by atoms with Crippen LogP contribution in [0.15, 0.2) is 22.7 Å². The van der Waals surface area contributed by atoms with Crippen LogP contribution in [-0.2, 0) is 4.74 Å². The number of nitrogens with zero attached hydrogens (tertiary/aromatic N) is 2. The average molecular weight is 326 g/mol. The van der Waals surface area contributed by atoms with Crippen molar-refractivity contribution in [2.24, 2.45) is 0 Å². The molecule has 0 spiro atoms. The summed E-state index contributed by atoms with van der Waals surface area (Å²) >= 11 is 3.39. The minimum Gasteiger partial charge on any atom is -0.443 e. The van der Waals surface area contributed by atoms with Crippen LogP contribution in [0, 0.1) is 0 Å². The maximum absolute atomic E-state index is 11.9. The van der Waals surface area contributed by atoms with Crippen LogP contribution in [0.5, 0.6) is 0 Å². The van der Waals surface area contributed by atoms with E-state index >= 15 is 0 Å². The molecule has 0 saturated heterocycles. The fourth-order valence-electron chi connectivity index (χ4n) is 1.54. The van der Waals surface area contributed by atoms with Crippen molar-refractivity contribution in [1.29, 1.82) is 0 Å². The highest BCUT2D eigenvalue weighted by molar-refractivity contribution is 9.10. The number of nitrogens with one attached hydrogen (secondary N) is 1. The van der Waals surface area contributed by atoms with E-state index in [1.54, 1.807) is 7.05 Å². The number of aromatic amines is 1. The Balaban J connectivity index is 2.26.